The standard InChI is InChI=1S/C11H14N2S2/c1-2-10(11-12-5-7-15-11)13-8-9-4-3-6-14-9/h3-7,10,13H,2,8H2,1H3. The van der Waals surface area contributed by atoms with Crippen LogP contribution in [0.2, 0.25) is 0 Å². The van der Waals surface area contributed by atoms with Crippen molar-refractivity contribution in [2.24, 2.45) is 0 Å². The molecule has 4 heteroatoms. The first kappa shape index (κ1) is 10.8. The normalized spacial score (nSPS) is 12.9. The monoisotopic (exact) mass is 238 g/mol. The van der Waals surface area contributed by atoms with Crippen LogP contribution in [-0.2, 0) is 6.54 Å². The minimum absolute atomic E-state index is 0.395. The molecular formula is C11H14N2S2. The summed E-state index contributed by atoms with van der Waals surface area (Å²) in [5, 5.41) is 8.87. The van der Waals surface area contributed by atoms with E-state index < -0.39 is 0 Å². The average molecular weight is 238 g/mol. The van der Waals surface area contributed by atoms with Gasteiger partial charge in [0, 0.05) is 23.0 Å². The maximum atomic E-state index is 4.35. The lowest BCUT2D eigenvalue weighted by atomic mass is 10.2. The fourth-order valence-corrected chi connectivity index (χ4v) is 2.90. The Bertz CT molecular complexity index is 367. The summed E-state index contributed by atoms with van der Waals surface area (Å²) in [7, 11) is 0. The molecule has 0 saturated carbocycles. The first-order valence-corrected chi connectivity index (χ1v) is 6.81. The molecule has 2 nitrogen and oxygen atoms in total. The van der Waals surface area contributed by atoms with Gasteiger partial charge in [-0.25, -0.2) is 4.98 Å². The van der Waals surface area contributed by atoms with Crippen molar-refractivity contribution in [3.05, 3.63) is 39.0 Å². The quantitative estimate of drug-likeness (QED) is 0.863. The van der Waals surface area contributed by atoms with E-state index >= 15 is 0 Å². The number of nitrogens with one attached hydrogen (secondary N) is 1. The van der Waals surface area contributed by atoms with Gasteiger partial charge in [-0.2, -0.15) is 0 Å². The highest BCUT2D eigenvalue weighted by Crippen LogP contribution is 2.19. The minimum Gasteiger partial charge on any atom is -0.303 e. The molecular weight excluding hydrogens is 224 g/mol. The molecule has 1 N–H and O–H groups in total. The van der Waals surface area contributed by atoms with E-state index in [-0.39, 0.29) is 0 Å². The molecule has 15 heavy (non-hydrogen) atoms. The van der Waals surface area contributed by atoms with Crippen LogP contribution in [0.3, 0.4) is 0 Å². The Morgan fingerprint density at radius 3 is 2.93 bits per heavy atom. The van der Waals surface area contributed by atoms with Crippen molar-refractivity contribution in [2.45, 2.75) is 25.9 Å². The summed E-state index contributed by atoms with van der Waals surface area (Å²) in [6.07, 6.45) is 2.95. The fraction of sp³-hybridized carbons (Fsp3) is 0.364. The molecule has 0 spiro atoms. The highest BCUT2D eigenvalue weighted by Gasteiger charge is 2.10. The summed E-state index contributed by atoms with van der Waals surface area (Å²) in [6, 6.07) is 4.64. The van der Waals surface area contributed by atoms with Gasteiger partial charge in [0.2, 0.25) is 0 Å². The van der Waals surface area contributed by atoms with Crippen molar-refractivity contribution in [3.63, 3.8) is 0 Å². The smallest absolute Gasteiger partial charge is 0.109 e. The number of hydrogen-bond acceptors (Lipinski definition) is 4. The predicted molar refractivity (Wildman–Crippen MR) is 66.3 cm³/mol. The van der Waals surface area contributed by atoms with Crippen LogP contribution in [0.25, 0.3) is 0 Å². The van der Waals surface area contributed by atoms with Crippen molar-refractivity contribution < 1.29 is 0 Å². The van der Waals surface area contributed by atoms with E-state index in [9.17, 15) is 0 Å². The van der Waals surface area contributed by atoms with Gasteiger partial charge in [0.25, 0.3) is 0 Å². The molecule has 0 aliphatic heterocycles. The van der Waals surface area contributed by atoms with Gasteiger partial charge in [-0.05, 0) is 17.9 Å². The number of hydrogen-bond donors (Lipinski definition) is 1. The lowest BCUT2D eigenvalue weighted by Gasteiger charge is -2.13. The summed E-state index contributed by atoms with van der Waals surface area (Å²) >= 11 is 3.52. The van der Waals surface area contributed by atoms with Crippen LogP contribution in [0.4, 0.5) is 0 Å². The van der Waals surface area contributed by atoms with E-state index in [4.69, 9.17) is 0 Å². The second-order valence-corrected chi connectivity index (χ2v) is 5.25. The highest BCUT2D eigenvalue weighted by molar-refractivity contribution is 7.10. The van der Waals surface area contributed by atoms with E-state index in [1.54, 1.807) is 22.7 Å². The maximum absolute atomic E-state index is 4.35. The molecule has 0 radical (unpaired) electrons. The van der Waals surface area contributed by atoms with Gasteiger partial charge in [0.15, 0.2) is 0 Å². The lowest BCUT2D eigenvalue weighted by molar-refractivity contribution is 0.519. The third kappa shape index (κ3) is 2.87. The van der Waals surface area contributed by atoms with E-state index in [1.807, 2.05) is 11.6 Å². The van der Waals surface area contributed by atoms with Crippen molar-refractivity contribution in [1.29, 1.82) is 0 Å². The van der Waals surface area contributed by atoms with Crippen LogP contribution >= 0.6 is 22.7 Å². The zero-order chi connectivity index (χ0) is 10.5. The summed E-state index contributed by atoms with van der Waals surface area (Å²) in [5.41, 5.74) is 0. The Balaban J connectivity index is 1.92. The second-order valence-electron chi connectivity index (χ2n) is 3.29. The zero-order valence-electron chi connectivity index (χ0n) is 8.64. The van der Waals surface area contributed by atoms with Crippen molar-refractivity contribution >= 4 is 22.7 Å². The molecule has 0 bridgehead atoms. The Labute approximate surface area is 98.0 Å². The minimum atomic E-state index is 0.395. The van der Waals surface area contributed by atoms with Gasteiger partial charge in [0.1, 0.15) is 5.01 Å². The first-order chi connectivity index (χ1) is 7.40. The fourth-order valence-electron chi connectivity index (χ4n) is 1.45. The predicted octanol–water partition coefficient (Wildman–Crippen LogP) is 3.45. The Kier molecular flexibility index (Phi) is 3.88. The van der Waals surface area contributed by atoms with Gasteiger partial charge in [-0.1, -0.05) is 13.0 Å². The number of nitrogens with zero attached hydrogens (tertiary/aromatic N) is 1. The van der Waals surface area contributed by atoms with Gasteiger partial charge in [-0.3, -0.25) is 0 Å². The van der Waals surface area contributed by atoms with Gasteiger partial charge >= 0.3 is 0 Å². The van der Waals surface area contributed by atoms with Crippen LogP contribution in [0.15, 0.2) is 29.1 Å². The summed E-state index contributed by atoms with van der Waals surface area (Å²) in [4.78, 5) is 5.73. The molecule has 80 valence electrons. The Morgan fingerprint density at radius 2 is 2.33 bits per heavy atom. The molecule has 0 amide bonds. The largest absolute Gasteiger partial charge is 0.303 e. The molecule has 0 aliphatic rings. The third-order valence-electron chi connectivity index (χ3n) is 2.26. The van der Waals surface area contributed by atoms with E-state index in [2.05, 4.69) is 34.7 Å². The SMILES string of the molecule is CCC(NCc1cccs1)c1nccs1. The van der Waals surface area contributed by atoms with Crippen LogP contribution in [0.1, 0.15) is 29.3 Å². The Hall–Kier alpha value is -0.710. The lowest BCUT2D eigenvalue weighted by Crippen LogP contribution is -2.19. The van der Waals surface area contributed by atoms with Gasteiger partial charge in [-0.15, -0.1) is 22.7 Å². The Morgan fingerprint density at radius 1 is 1.40 bits per heavy atom. The topological polar surface area (TPSA) is 24.9 Å². The molecule has 1 atom stereocenters. The number of aromatic nitrogens is 1. The second kappa shape index (κ2) is 5.39. The molecule has 2 heterocycles. The van der Waals surface area contributed by atoms with Crippen molar-refractivity contribution in [1.82, 2.24) is 10.3 Å². The number of thiazole rings is 1. The van der Waals surface area contributed by atoms with E-state index in [1.165, 1.54) is 9.88 Å². The van der Waals surface area contributed by atoms with Gasteiger partial charge in [0.05, 0.1) is 6.04 Å². The van der Waals surface area contributed by atoms with Gasteiger partial charge < -0.3 is 5.32 Å². The van der Waals surface area contributed by atoms with Crippen LogP contribution in [0, 0.1) is 0 Å². The van der Waals surface area contributed by atoms with Crippen LogP contribution in [-0.4, -0.2) is 4.98 Å². The van der Waals surface area contributed by atoms with Crippen molar-refractivity contribution in [2.75, 3.05) is 0 Å². The maximum Gasteiger partial charge on any atom is 0.109 e. The number of thiophene rings is 1. The van der Waals surface area contributed by atoms with E-state index in [0.29, 0.717) is 6.04 Å². The summed E-state index contributed by atoms with van der Waals surface area (Å²) in [6.45, 7) is 3.13. The molecule has 1 unspecified atom stereocenters. The third-order valence-corrected chi connectivity index (χ3v) is 4.03. The van der Waals surface area contributed by atoms with Crippen LogP contribution in [0.5, 0.6) is 0 Å². The molecule has 0 aromatic carbocycles. The molecule has 2 aromatic rings. The molecule has 2 rings (SSSR count). The average Bonchev–Trinajstić information content (AvgIpc) is 2.90. The van der Waals surface area contributed by atoms with E-state index in [0.717, 1.165) is 13.0 Å². The molecule has 0 fully saturated rings. The zero-order valence-corrected chi connectivity index (χ0v) is 10.3. The molecule has 0 saturated heterocycles. The summed E-state index contributed by atoms with van der Waals surface area (Å²) < 4.78 is 0. The first-order valence-electron chi connectivity index (χ1n) is 5.05. The van der Waals surface area contributed by atoms with Crippen molar-refractivity contribution in [3.8, 4) is 0 Å². The molecule has 2 aromatic heterocycles. The molecule has 0 aliphatic carbocycles. The number of rotatable bonds is 5. The van der Waals surface area contributed by atoms with Crippen LogP contribution < -0.4 is 5.32 Å². The summed E-state index contributed by atoms with van der Waals surface area (Å²) in [5.74, 6) is 0. The highest BCUT2D eigenvalue weighted by atomic mass is 32.1.